The molecule has 23 heavy (non-hydrogen) atoms. The summed E-state index contributed by atoms with van der Waals surface area (Å²) in [5.41, 5.74) is 2.12. The van der Waals surface area contributed by atoms with Crippen LogP contribution < -0.4 is 5.56 Å². The normalized spacial score (nSPS) is 11.3. The zero-order chi connectivity index (χ0) is 15.8. The lowest BCUT2D eigenvalue weighted by molar-refractivity contribution is 0.644. The van der Waals surface area contributed by atoms with Crippen LogP contribution in [-0.2, 0) is 5.88 Å². The third-order valence-electron chi connectivity index (χ3n) is 3.38. The van der Waals surface area contributed by atoms with Gasteiger partial charge in [-0.1, -0.05) is 40.7 Å². The van der Waals surface area contributed by atoms with Crippen LogP contribution in [0.2, 0.25) is 5.02 Å². The largest absolute Gasteiger partial charge is 0.333 e. The molecule has 0 atom stereocenters. The van der Waals surface area contributed by atoms with Crippen molar-refractivity contribution in [3.63, 3.8) is 0 Å². The van der Waals surface area contributed by atoms with Crippen molar-refractivity contribution in [3.8, 4) is 0 Å². The molecule has 6 nitrogen and oxygen atoms in total. The maximum absolute atomic E-state index is 12.4. The zero-order valence-corrected chi connectivity index (χ0v) is 13.3. The topological polar surface area (TPSA) is 76.5 Å². The van der Waals surface area contributed by atoms with Gasteiger partial charge in [-0.2, -0.15) is 4.68 Å². The van der Waals surface area contributed by atoms with E-state index in [2.05, 4.69) is 20.3 Å². The molecule has 4 rings (SSSR count). The van der Waals surface area contributed by atoms with Crippen molar-refractivity contribution >= 4 is 45.3 Å². The number of aromatic amines is 1. The van der Waals surface area contributed by atoms with Crippen molar-refractivity contribution in [1.82, 2.24) is 25.0 Å². The van der Waals surface area contributed by atoms with Gasteiger partial charge in [-0.15, -0.1) is 5.10 Å². The molecule has 0 amide bonds. The van der Waals surface area contributed by atoms with Crippen molar-refractivity contribution in [3.05, 3.63) is 57.8 Å². The van der Waals surface area contributed by atoms with Gasteiger partial charge in [0.25, 0.3) is 5.56 Å². The SMILES string of the molecule is O=c1c2ccccc2nnn1CSc1nc2ccc(Cl)cc2[nH]1. The van der Waals surface area contributed by atoms with E-state index in [0.29, 0.717) is 27.0 Å². The number of aromatic nitrogens is 5. The minimum absolute atomic E-state index is 0.165. The summed E-state index contributed by atoms with van der Waals surface area (Å²) in [7, 11) is 0. The number of rotatable bonds is 3. The Kier molecular flexibility index (Phi) is 3.51. The first-order valence-corrected chi connectivity index (χ1v) is 8.18. The first-order valence-electron chi connectivity index (χ1n) is 6.81. The molecular weight excluding hydrogens is 334 g/mol. The highest BCUT2D eigenvalue weighted by Crippen LogP contribution is 2.22. The minimum Gasteiger partial charge on any atom is -0.333 e. The molecule has 8 heteroatoms. The number of imidazole rings is 1. The molecule has 114 valence electrons. The van der Waals surface area contributed by atoms with Crippen LogP contribution in [0, 0.1) is 0 Å². The Labute approximate surface area is 139 Å². The second-order valence-electron chi connectivity index (χ2n) is 4.89. The standard InChI is InChI=1S/C15H10ClN5OS/c16-9-5-6-12-13(7-9)18-15(17-12)23-8-21-14(22)10-3-1-2-4-11(10)19-20-21/h1-7H,8H2,(H,17,18). The third kappa shape index (κ3) is 2.69. The summed E-state index contributed by atoms with van der Waals surface area (Å²) in [5.74, 6) is 0.324. The molecule has 0 saturated carbocycles. The molecule has 0 spiro atoms. The number of fused-ring (bicyclic) bond motifs is 2. The smallest absolute Gasteiger partial charge is 0.278 e. The van der Waals surface area contributed by atoms with Crippen molar-refractivity contribution in [2.45, 2.75) is 11.0 Å². The molecule has 1 N–H and O–H groups in total. The Morgan fingerprint density at radius 3 is 2.96 bits per heavy atom. The Balaban J connectivity index is 1.63. The van der Waals surface area contributed by atoms with Gasteiger partial charge in [-0.05, 0) is 30.3 Å². The van der Waals surface area contributed by atoms with E-state index >= 15 is 0 Å². The molecule has 4 aromatic rings. The summed E-state index contributed by atoms with van der Waals surface area (Å²) in [6.45, 7) is 0. The number of nitrogens with one attached hydrogen (secondary N) is 1. The highest BCUT2D eigenvalue weighted by Gasteiger charge is 2.08. The van der Waals surface area contributed by atoms with Crippen molar-refractivity contribution in [1.29, 1.82) is 0 Å². The van der Waals surface area contributed by atoms with Crippen LogP contribution in [0.1, 0.15) is 0 Å². The first-order chi connectivity index (χ1) is 11.2. The van der Waals surface area contributed by atoms with Gasteiger partial charge in [0.15, 0.2) is 5.16 Å². The average Bonchev–Trinajstić information content (AvgIpc) is 2.96. The van der Waals surface area contributed by atoms with Gasteiger partial charge in [0.05, 0.1) is 22.3 Å². The van der Waals surface area contributed by atoms with Gasteiger partial charge in [-0.3, -0.25) is 4.79 Å². The number of H-pyrrole nitrogens is 1. The average molecular weight is 344 g/mol. The fourth-order valence-electron chi connectivity index (χ4n) is 2.26. The summed E-state index contributed by atoms with van der Waals surface area (Å²) in [4.78, 5) is 20.0. The Morgan fingerprint density at radius 1 is 1.17 bits per heavy atom. The van der Waals surface area contributed by atoms with E-state index in [1.54, 1.807) is 18.2 Å². The summed E-state index contributed by atoms with van der Waals surface area (Å²) >= 11 is 7.34. The summed E-state index contributed by atoms with van der Waals surface area (Å²) in [6.07, 6.45) is 0. The second kappa shape index (κ2) is 5.68. The maximum atomic E-state index is 12.4. The number of benzene rings is 2. The number of thioether (sulfide) groups is 1. The number of hydrogen-bond acceptors (Lipinski definition) is 5. The molecule has 2 aromatic heterocycles. The van der Waals surface area contributed by atoms with E-state index < -0.39 is 0 Å². The fraction of sp³-hybridized carbons (Fsp3) is 0.0667. The van der Waals surface area contributed by atoms with Crippen LogP contribution in [0.3, 0.4) is 0 Å². The predicted molar refractivity (Wildman–Crippen MR) is 90.8 cm³/mol. The lowest BCUT2D eigenvalue weighted by Crippen LogP contribution is -2.23. The van der Waals surface area contributed by atoms with Crippen molar-refractivity contribution < 1.29 is 0 Å². The minimum atomic E-state index is -0.165. The van der Waals surface area contributed by atoms with Gasteiger partial charge < -0.3 is 4.98 Å². The molecular formula is C15H10ClN5OS. The molecule has 0 saturated heterocycles. The Bertz CT molecular complexity index is 1070. The third-order valence-corrected chi connectivity index (χ3v) is 4.45. The maximum Gasteiger partial charge on any atom is 0.278 e. The molecule has 0 bridgehead atoms. The zero-order valence-electron chi connectivity index (χ0n) is 11.7. The monoisotopic (exact) mass is 343 g/mol. The van der Waals surface area contributed by atoms with Gasteiger partial charge in [0.1, 0.15) is 5.52 Å². The van der Waals surface area contributed by atoms with E-state index in [9.17, 15) is 4.79 Å². The Hall–Kier alpha value is -2.38. The van der Waals surface area contributed by atoms with Crippen LogP contribution in [0.15, 0.2) is 52.4 Å². The van der Waals surface area contributed by atoms with Crippen LogP contribution in [0.4, 0.5) is 0 Å². The summed E-state index contributed by atoms with van der Waals surface area (Å²) in [5, 5.41) is 9.92. The van der Waals surface area contributed by atoms with Crippen LogP contribution in [-0.4, -0.2) is 25.0 Å². The second-order valence-corrected chi connectivity index (χ2v) is 6.26. The molecule has 0 aliphatic rings. The Morgan fingerprint density at radius 2 is 2.04 bits per heavy atom. The highest BCUT2D eigenvalue weighted by molar-refractivity contribution is 7.98. The van der Waals surface area contributed by atoms with Crippen LogP contribution in [0.5, 0.6) is 0 Å². The van der Waals surface area contributed by atoms with Crippen molar-refractivity contribution in [2.75, 3.05) is 0 Å². The number of hydrogen-bond donors (Lipinski definition) is 1. The lowest BCUT2D eigenvalue weighted by Gasteiger charge is -2.02. The fourth-order valence-corrected chi connectivity index (χ4v) is 3.19. The predicted octanol–water partition coefficient (Wildman–Crippen LogP) is 3.07. The van der Waals surface area contributed by atoms with Crippen LogP contribution >= 0.6 is 23.4 Å². The van der Waals surface area contributed by atoms with Crippen molar-refractivity contribution in [2.24, 2.45) is 0 Å². The molecule has 2 heterocycles. The van der Waals surface area contributed by atoms with Crippen LogP contribution in [0.25, 0.3) is 21.9 Å². The molecule has 0 radical (unpaired) electrons. The van der Waals surface area contributed by atoms with Gasteiger partial charge in [-0.25, -0.2) is 4.98 Å². The molecule has 0 fully saturated rings. The lowest BCUT2D eigenvalue weighted by atomic mass is 10.2. The van der Waals surface area contributed by atoms with E-state index in [4.69, 9.17) is 11.6 Å². The molecule has 2 aromatic carbocycles. The summed E-state index contributed by atoms with van der Waals surface area (Å²) in [6, 6.07) is 12.6. The van der Waals surface area contributed by atoms with Gasteiger partial charge >= 0.3 is 0 Å². The molecule has 0 unspecified atom stereocenters. The van der Waals surface area contributed by atoms with E-state index in [-0.39, 0.29) is 5.56 Å². The highest BCUT2D eigenvalue weighted by atomic mass is 35.5. The quantitative estimate of drug-likeness (QED) is 0.578. The number of halogens is 1. The van der Waals surface area contributed by atoms with Gasteiger partial charge in [0, 0.05) is 5.02 Å². The number of nitrogens with zero attached hydrogens (tertiary/aromatic N) is 4. The first kappa shape index (κ1) is 14.2. The summed E-state index contributed by atoms with van der Waals surface area (Å²) < 4.78 is 1.33. The van der Waals surface area contributed by atoms with E-state index in [1.807, 2.05) is 24.3 Å². The van der Waals surface area contributed by atoms with E-state index in [1.165, 1.54) is 16.4 Å². The molecule has 0 aliphatic heterocycles. The molecule has 0 aliphatic carbocycles. The van der Waals surface area contributed by atoms with Gasteiger partial charge in [0.2, 0.25) is 0 Å². The van der Waals surface area contributed by atoms with E-state index in [0.717, 1.165) is 11.0 Å².